The molecule has 0 radical (unpaired) electrons. The average molecular weight is 501 g/mol. The molecule has 0 aliphatic rings. The Kier molecular flexibility index (Phi) is 8.70. The van der Waals surface area contributed by atoms with Gasteiger partial charge in [0.2, 0.25) is 5.62 Å². The smallest absolute Gasteiger partial charge is 0.335 e. The van der Waals surface area contributed by atoms with Crippen LogP contribution in [0.4, 0.5) is 5.69 Å². The molecule has 0 saturated carbocycles. The Morgan fingerprint density at radius 1 is 1.11 bits per heavy atom. The second kappa shape index (κ2) is 11.7. The molecule has 1 N–H and O–H groups in total. The maximum absolute atomic E-state index is 13.3. The largest absolute Gasteiger partial charge is 0.489 e. The minimum Gasteiger partial charge on any atom is -0.489 e. The lowest BCUT2D eigenvalue weighted by Gasteiger charge is -2.12. The number of carbonyl (C=O) groups excluding carboxylic acids is 1. The van der Waals surface area contributed by atoms with Gasteiger partial charge in [-0.2, -0.15) is 0 Å². The molecule has 1 aromatic heterocycles. The lowest BCUT2D eigenvalue weighted by molar-refractivity contribution is -0.143. The van der Waals surface area contributed by atoms with Crippen LogP contribution in [0.15, 0.2) is 57.0 Å². The fourth-order valence-electron chi connectivity index (χ4n) is 3.33. The van der Waals surface area contributed by atoms with E-state index >= 15 is 0 Å². The molecule has 10 heteroatoms. The van der Waals surface area contributed by atoms with Crippen molar-refractivity contribution in [2.24, 2.45) is 4.99 Å². The highest BCUT2D eigenvalue weighted by atomic mass is 35.5. The quantitative estimate of drug-likeness (QED) is 0.453. The van der Waals surface area contributed by atoms with Crippen molar-refractivity contribution in [2.75, 3.05) is 6.61 Å². The lowest BCUT2D eigenvalue weighted by Crippen LogP contribution is -2.50. The Morgan fingerprint density at radius 3 is 2.46 bits per heavy atom. The molecular formula is C25H29ClN4O5. The average Bonchev–Trinajstić information content (AvgIpc) is 2.79. The summed E-state index contributed by atoms with van der Waals surface area (Å²) in [5.41, 5.74) is 1.14. The number of nitrogens with one attached hydrogen (secondary N) is 1. The first-order valence-corrected chi connectivity index (χ1v) is 11.7. The zero-order valence-electron chi connectivity index (χ0n) is 20.2. The van der Waals surface area contributed by atoms with E-state index in [-0.39, 0.29) is 37.8 Å². The number of aromatic amines is 1. The number of carbonyl (C=O) groups is 1. The number of hydrogen-bond acceptors (Lipinski definition) is 6. The van der Waals surface area contributed by atoms with Gasteiger partial charge in [0, 0.05) is 6.54 Å². The first-order chi connectivity index (χ1) is 16.7. The number of hydrogen-bond donors (Lipinski definition) is 1. The van der Waals surface area contributed by atoms with Gasteiger partial charge in [-0.1, -0.05) is 41.4 Å². The number of aryl methyl sites for hydroxylation is 1. The number of halogens is 1. The van der Waals surface area contributed by atoms with Crippen molar-refractivity contribution in [1.82, 2.24) is 14.1 Å². The topological polar surface area (TPSA) is 108 Å². The molecule has 0 bridgehead atoms. The number of aromatic nitrogens is 3. The van der Waals surface area contributed by atoms with Crippen LogP contribution >= 0.6 is 11.6 Å². The lowest BCUT2D eigenvalue weighted by atomic mass is 10.1. The van der Waals surface area contributed by atoms with Crippen LogP contribution < -0.4 is 21.7 Å². The number of nitrogens with zero attached hydrogens (tertiary/aromatic N) is 3. The van der Waals surface area contributed by atoms with Crippen LogP contribution in [-0.4, -0.2) is 32.8 Å². The van der Waals surface area contributed by atoms with E-state index in [1.807, 2.05) is 45.0 Å². The molecule has 1 heterocycles. The van der Waals surface area contributed by atoms with Gasteiger partial charge in [0.15, 0.2) is 0 Å². The predicted molar refractivity (Wildman–Crippen MR) is 133 cm³/mol. The van der Waals surface area contributed by atoms with Crippen LogP contribution in [0.1, 0.15) is 38.3 Å². The summed E-state index contributed by atoms with van der Waals surface area (Å²) in [5.74, 6) is 0.0204. The van der Waals surface area contributed by atoms with Crippen LogP contribution in [0.2, 0.25) is 5.02 Å². The minimum absolute atomic E-state index is 0.0505. The van der Waals surface area contributed by atoms with E-state index in [0.717, 1.165) is 15.7 Å². The van der Waals surface area contributed by atoms with Crippen molar-refractivity contribution >= 4 is 23.3 Å². The molecule has 9 nitrogen and oxygen atoms in total. The van der Waals surface area contributed by atoms with E-state index in [1.54, 1.807) is 25.1 Å². The Bertz CT molecular complexity index is 1370. The molecule has 0 fully saturated rings. The van der Waals surface area contributed by atoms with Crippen LogP contribution in [0.25, 0.3) is 0 Å². The first kappa shape index (κ1) is 26.0. The summed E-state index contributed by atoms with van der Waals surface area (Å²) in [6.07, 6.45) is -0.157. The van der Waals surface area contributed by atoms with Gasteiger partial charge in [-0.15, -0.1) is 0 Å². The monoisotopic (exact) mass is 500 g/mol. The number of rotatable bonds is 9. The van der Waals surface area contributed by atoms with Gasteiger partial charge in [-0.3, -0.25) is 14.3 Å². The maximum atomic E-state index is 13.3. The standard InChI is InChI=1S/C25H29ClN4O5/c1-5-34-22(31)12-13-29-24(32)28-23(27-19-10-11-21(20(26)14-19)35-16(2)3)30(25(29)33)15-18-8-6-17(4)7-9-18/h6-11,14,16H,5,12-13,15H2,1-4H3,(H,27,28,32). The van der Waals surface area contributed by atoms with Crippen molar-refractivity contribution < 1.29 is 14.3 Å². The van der Waals surface area contributed by atoms with Crippen LogP contribution in [0.3, 0.4) is 0 Å². The van der Waals surface area contributed by atoms with Crippen molar-refractivity contribution in [3.8, 4) is 5.75 Å². The second-order valence-corrected chi connectivity index (χ2v) is 8.62. The number of benzene rings is 2. The maximum Gasteiger partial charge on any atom is 0.335 e. The molecule has 0 amide bonds. The molecule has 0 spiro atoms. The number of ether oxygens (including phenoxy) is 2. The Morgan fingerprint density at radius 2 is 1.83 bits per heavy atom. The summed E-state index contributed by atoms with van der Waals surface area (Å²) in [7, 11) is 0. The Balaban J connectivity index is 2.09. The van der Waals surface area contributed by atoms with Crippen LogP contribution in [0.5, 0.6) is 5.75 Å². The molecular weight excluding hydrogens is 472 g/mol. The third kappa shape index (κ3) is 6.95. The van der Waals surface area contributed by atoms with Gasteiger partial charge in [0.25, 0.3) is 0 Å². The number of H-pyrrole nitrogens is 1. The molecule has 2 aromatic carbocycles. The van der Waals surface area contributed by atoms with Crippen molar-refractivity contribution in [2.45, 2.75) is 53.3 Å². The van der Waals surface area contributed by atoms with Gasteiger partial charge in [0.1, 0.15) is 5.75 Å². The van der Waals surface area contributed by atoms with Crippen LogP contribution in [-0.2, 0) is 22.6 Å². The molecule has 0 aliphatic carbocycles. The van der Waals surface area contributed by atoms with Gasteiger partial charge >= 0.3 is 17.3 Å². The molecule has 35 heavy (non-hydrogen) atoms. The third-order valence-electron chi connectivity index (χ3n) is 5.00. The second-order valence-electron chi connectivity index (χ2n) is 8.21. The molecule has 3 aromatic rings. The summed E-state index contributed by atoms with van der Waals surface area (Å²) >= 11 is 6.34. The highest BCUT2D eigenvalue weighted by Crippen LogP contribution is 2.29. The van der Waals surface area contributed by atoms with E-state index < -0.39 is 17.3 Å². The van der Waals surface area contributed by atoms with Gasteiger partial charge < -0.3 is 9.47 Å². The predicted octanol–water partition coefficient (Wildman–Crippen LogP) is 3.32. The molecule has 0 unspecified atom stereocenters. The fourth-order valence-corrected chi connectivity index (χ4v) is 3.54. The Labute approximate surface area is 207 Å². The molecule has 3 rings (SSSR count). The SMILES string of the molecule is CCOC(=O)CCn1c(=O)[nH]/c(=N\c2ccc(OC(C)C)c(Cl)c2)n(Cc2ccc(C)cc2)c1=O. The Hall–Kier alpha value is -3.59. The fraction of sp³-hybridized carbons (Fsp3) is 0.360. The minimum atomic E-state index is -0.677. The highest BCUT2D eigenvalue weighted by Gasteiger charge is 2.13. The van der Waals surface area contributed by atoms with Gasteiger partial charge in [0.05, 0.1) is 36.4 Å². The zero-order valence-corrected chi connectivity index (χ0v) is 21.0. The highest BCUT2D eigenvalue weighted by molar-refractivity contribution is 6.32. The third-order valence-corrected chi connectivity index (χ3v) is 5.30. The van der Waals surface area contributed by atoms with E-state index in [0.29, 0.717) is 16.5 Å². The van der Waals surface area contributed by atoms with E-state index in [4.69, 9.17) is 21.1 Å². The summed E-state index contributed by atoms with van der Waals surface area (Å²) in [6.45, 7) is 7.71. The van der Waals surface area contributed by atoms with E-state index in [9.17, 15) is 14.4 Å². The summed E-state index contributed by atoms with van der Waals surface area (Å²) in [5, 5.41) is 0.357. The summed E-state index contributed by atoms with van der Waals surface area (Å²) in [4.78, 5) is 45.0. The normalized spacial score (nSPS) is 11.7. The zero-order chi connectivity index (χ0) is 25.5. The summed E-state index contributed by atoms with van der Waals surface area (Å²) in [6, 6.07) is 12.6. The first-order valence-electron chi connectivity index (χ1n) is 11.3. The molecule has 0 atom stereocenters. The molecule has 0 aliphatic heterocycles. The van der Waals surface area contributed by atoms with Crippen molar-refractivity contribution in [3.05, 3.63) is 85.2 Å². The van der Waals surface area contributed by atoms with Crippen LogP contribution in [0, 0.1) is 6.92 Å². The molecule has 186 valence electrons. The van der Waals surface area contributed by atoms with E-state index in [1.165, 1.54) is 4.57 Å². The van der Waals surface area contributed by atoms with Crippen molar-refractivity contribution in [3.63, 3.8) is 0 Å². The number of esters is 1. The van der Waals surface area contributed by atoms with E-state index in [2.05, 4.69) is 9.98 Å². The molecule has 0 saturated heterocycles. The van der Waals surface area contributed by atoms with Gasteiger partial charge in [-0.25, -0.2) is 19.1 Å². The van der Waals surface area contributed by atoms with Gasteiger partial charge in [-0.05, 0) is 51.5 Å². The van der Waals surface area contributed by atoms with Crippen molar-refractivity contribution in [1.29, 1.82) is 0 Å². The summed E-state index contributed by atoms with van der Waals surface area (Å²) < 4.78 is 12.9.